The van der Waals surface area contributed by atoms with E-state index >= 15 is 0 Å². The van der Waals surface area contributed by atoms with E-state index in [0.717, 1.165) is 24.1 Å². The quantitative estimate of drug-likeness (QED) is 0.303. The molecule has 2 N–H and O–H groups in total. The lowest BCUT2D eigenvalue weighted by atomic mass is 9.77. The number of aromatic hydroxyl groups is 1. The van der Waals surface area contributed by atoms with Gasteiger partial charge in [-0.05, 0) is 46.3 Å². The highest BCUT2D eigenvalue weighted by Gasteiger charge is 2.34. The molecule has 0 spiro atoms. The number of nitrogens with one attached hydrogen (secondary N) is 1. The molecule has 0 amide bonds. The molecule has 178 valence electrons. The van der Waals surface area contributed by atoms with Crippen LogP contribution in [0.5, 0.6) is 5.75 Å². The van der Waals surface area contributed by atoms with Crippen LogP contribution in [0.15, 0.2) is 36.4 Å². The number of phenolic OH excluding ortho intramolecular Hbond substituents is 1. The summed E-state index contributed by atoms with van der Waals surface area (Å²) in [6.07, 6.45) is 4.69. The van der Waals surface area contributed by atoms with Crippen molar-refractivity contribution in [2.45, 2.75) is 104 Å². The molecule has 0 aliphatic rings. The minimum atomic E-state index is -0.114. The van der Waals surface area contributed by atoms with Crippen molar-refractivity contribution in [1.82, 2.24) is 5.32 Å². The zero-order chi connectivity index (χ0) is 24.2. The van der Waals surface area contributed by atoms with E-state index in [1.807, 2.05) is 7.05 Å². The van der Waals surface area contributed by atoms with Gasteiger partial charge in [0.25, 0.3) is 0 Å². The van der Waals surface area contributed by atoms with Crippen molar-refractivity contribution < 1.29 is 5.11 Å². The molecule has 0 aliphatic carbocycles. The highest BCUT2D eigenvalue weighted by molar-refractivity contribution is 7.48. The molecule has 2 atom stereocenters. The molecule has 0 bridgehead atoms. The number of hydrogen-bond donors (Lipinski definition) is 2. The topological polar surface area (TPSA) is 32.3 Å². The van der Waals surface area contributed by atoms with Crippen LogP contribution in [0.2, 0.25) is 0 Å². The van der Waals surface area contributed by atoms with Gasteiger partial charge in [-0.3, -0.25) is 0 Å². The molecule has 3 heteroatoms. The highest BCUT2D eigenvalue weighted by Crippen LogP contribution is 2.51. The molecule has 2 aromatic carbocycles. The monoisotopic (exact) mass is 455 g/mol. The Morgan fingerprint density at radius 1 is 0.875 bits per heavy atom. The first-order valence-corrected chi connectivity index (χ1v) is 13.2. The molecule has 2 nitrogen and oxygen atoms in total. The zero-order valence-corrected chi connectivity index (χ0v) is 22.9. The van der Waals surface area contributed by atoms with Crippen molar-refractivity contribution >= 4 is 13.9 Å². The van der Waals surface area contributed by atoms with Crippen LogP contribution >= 0.6 is 8.58 Å². The molecule has 2 aromatic rings. The van der Waals surface area contributed by atoms with Crippen LogP contribution in [-0.2, 0) is 22.5 Å². The van der Waals surface area contributed by atoms with Gasteiger partial charge in [0.15, 0.2) is 0 Å². The van der Waals surface area contributed by atoms with Gasteiger partial charge in [0.1, 0.15) is 5.75 Å². The summed E-state index contributed by atoms with van der Waals surface area (Å²) < 4.78 is 0. The number of rotatable bonds is 9. The first-order chi connectivity index (χ1) is 14.8. The van der Waals surface area contributed by atoms with Gasteiger partial charge in [-0.2, -0.15) is 0 Å². The van der Waals surface area contributed by atoms with E-state index in [1.54, 1.807) is 0 Å². The summed E-state index contributed by atoms with van der Waals surface area (Å²) in [4.78, 5) is 0. The van der Waals surface area contributed by atoms with E-state index in [-0.39, 0.29) is 16.0 Å². The van der Waals surface area contributed by atoms with Crippen LogP contribution < -0.4 is 10.6 Å². The first kappa shape index (κ1) is 26.9. The normalized spacial score (nSPS) is 14.8. The van der Waals surface area contributed by atoms with E-state index in [2.05, 4.69) is 97.1 Å². The maximum absolute atomic E-state index is 11.6. The fourth-order valence-electron chi connectivity index (χ4n) is 4.34. The van der Waals surface area contributed by atoms with Crippen LogP contribution in [0.3, 0.4) is 0 Å². The number of unbranched alkanes of at least 4 members (excludes halogenated alkanes) is 2. The SMILES string of the molecule is CCCCCC(C)(Pc1ccccc1CNC)c1cc(C(C)(C)C)cc(C(C)(C)C)c1O. The van der Waals surface area contributed by atoms with Crippen molar-refractivity contribution in [1.29, 1.82) is 0 Å². The molecule has 0 saturated carbocycles. The molecule has 0 radical (unpaired) electrons. The lowest BCUT2D eigenvalue weighted by Gasteiger charge is -2.36. The van der Waals surface area contributed by atoms with Crippen molar-refractivity contribution in [2.24, 2.45) is 0 Å². The van der Waals surface area contributed by atoms with Crippen LogP contribution in [-0.4, -0.2) is 12.2 Å². The Bertz CT molecular complexity index is 891. The molecular weight excluding hydrogens is 409 g/mol. The van der Waals surface area contributed by atoms with Gasteiger partial charge >= 0.3 is 0 Å². The van der Waals surface area contributed by atoms with Crippen LogP contribution in [0.25, 0.3) is 0 Å². The lowest BCUT2D eigenvalue weighted by Crippen LogP contribution is -2.25. The Morgan fingerprint density at radius 2 is 1.50 bits per heavy atom. The minimum absolute atomic E-state index is 0.0277. The Balaban J connectivity index is 2.71. The van der Waals surface area contributed by atoms with Crippen molar-refractivity contribution in [3.05, 3.63) is 58.7 Å². The predicted molar refractivity (Wildman–Crippen MR) is 144 cm³/mol. The molecule has 0 heterocycles. The van der Waals surface area contributed by atoms with Crippen molar-refractivity contribution in [3.63, 3.8) is 0 Å². The molecular formula is C29H46NOP. The average molecular weight is 456 g/mol. The van der Waals surface area contributed by atoms with E-state index in [1.165, 1.54) is 35.7 Å². The lowest BCUT2D eigenvalue weighted by molar-refractivity contribution is 0.424. The van der Waals surface area contributed by atoms with E-state index in [0.29, 0.717) is 14.3 Å². The molecule has 32 heavy (non-hydrogen) atoms. The minimum Gasteiger partial charge on any atom is -0.507 e. The summed E-state index contributed by atoms with van der Waals surface area (Å²) in [5, 5.41) is 16.3. The van der Waals surface area contributed by atoms with Gasteiger partial charge in [0.2, 0.25) is 0 Å². The molecule has 2 unspecified atom stereocenters. The third kappa shape index (κ3) is 6.58. The maximum Gasteiger partial charge on any atom is 0.123 e. The molecule has 0 aromatic heterocycles. The summed E-state index contributed by atoms with van der Waals surface area (Å²) in [5.74, 6) is 0.503. The van der Waals surface area contributed by atoms with E-state index in [4.69, 9.17) is 0 Å². The van der Waals surface area contributed by atoms with Gasteiger partial charge in [-0.25, -0.2) is 0 Å². The summed E-state index contributed by atoms with van der Waals surface area (Å²) in [6.45, 7) is 18.9. The molecule has 2 rings (SSSR count). The predicted octanol–water partition coefficient (Wildman–Crippen LogP) is 7.51. The standard InChI is InChI=1S/C29H46NOP/c1-10-11-14-17-29(8,32-25-16-13-12-15-21(25)20-30-9)24-19-22(27(2,3)4)18-23(26(24)31)28(5,6)7/h12-13,15-16,18-19,30-32H,10-11,14,17,20H2,1-9H3. The van der Waals surface area contributed by atoms with Crippen molar-refractivity contribution in [3.8, 4) is 5.75 Å². The largest absolute Gasteiger partial charge is 0.507 e. The first-order valence-electron chi connectivity index (χ1n) is 12.2. The molecule has 0 saturated heterocycles. The Labute approximate surface area is 199 Å². The number of hydrogen-bond acceptors (Lipinski definition) is 2. The van der Waals surface area contributed by atoms with Crippen LogP contribution in [0.1, 0.15) is 103 Å². The summed E-state index contributed by atoms with van der Waals surface area (Å²) in [7, 11) is 2.61. The summed E-state index contributed by atoms with van der Waals surface area (Å²) >= 11 is 0. The van der Waals surface area contributed by atoms with E-state index < -0.39 is 0 Å². The van der Waals surface area contributed by atoms with Gasteiger partial charge in [-0.1, -0.05) is 120 Å². The smallest absolute Gasteiger partial charge is 0.123 e. The molecule has 0 aliphatic heterocycles. The summed E-state index contributed by atoms with van der Waals surface area (Å²) in [6, 6.07) is 13.3. The zero-order valence-electron chi connectivity index (χ0n) is 21.9. The summed E-state index contributed by atoms with van der Waals surface area (Å²) in [5.41, 5.74) is 4.78. The Morgan fingerprint density at radius 3 is 2.06 bits per heavy atom. The highest BCUT2D eigenvalue weighted by atomic mass is 31.1. The second kappa shape index (κ2) is 10.7. The van der Waals surface area contributed by atoms with Crippen LogP contribution in [0, 0.1) is 0 Å². The van der Waals surface area contributed by atoms with Crippen molar-refractivity contribution in [2.75, 3.05) is 7.05 Å². The second-order valence-corrected chi connectivity index (χ2v) is 13.4. The maximum atomic E-state index is 11.6. The second-order valence-electron chi connectivity index (χ2n) is 11.5. The number of phenols is 1. The Hall–Kier alpha value is -1.37. The molecule has 0 fully saturated rings. The average Bonchev–Trinajstić information content (AvgIpc) is 2.68. The Kier molecular flexibility index (Phi) is 8.99. The fourth-order valence-corrected chi connectivity index (χ4v) is 6.07. The third-order valence-electron chi connectivity index (χ3n) is 6.45. The van der Waals surface area contributed by atoms with Crippen LogP contribution in [0.4, 0.5) is 0 Å². The van der Waals surface area contributed by atoms with Gasteiger partial charge in [0, 0.05) is 17.3 Å². The fraction of sp³-hybridized carbons (Fsp3) is 0.586. The number of benzene rings is 2. The van der Waals surface area contributed by atoms with Gasteiger partial charge in [0.05, 0.1) is 0 Å². The van der Waals surface area contributed by atoms with E-state index in [9.17, 15) is 5.11 Å². The third-order valence-corrected chi connectivity index (χ3v) is 8.28. The van der Waals surface area contributed by atoms with Gasteiger partial charge in [-0.15, -0.1) is 0 Å². The van der Waals surface area contributed by atoms with Gasteiger partial charge < -0.3 is 10.4 Å².